The number of benzene rings is 3. The first-order valence-corrected chi connectivity index (χ1v) is 11.2. The lowest BCUT2D eigenvalue weighted by Crippen LogP contribution is -2.40. The van der Waals surface area contributed by atoms with Crippen LogP contribution in [0.4, 0.5) is 10.1 Å². The van der Waals surface area contributed by atoms with Crippen molar-refractivity contribution in [3.05, 3.63) is 90.2 Å². The minimum atomic E-state index is -4.04. The van der Waals surface area contributed by atoms with Crippen LogP contribution in [0.2, 0.25) is 0 Å². The second-order valence-electron chi connectivity index (χ2n) is 6.63. The van der Waals surface area contributed by atoms with Crippen molar-refractivity contribution in [3.8, 4) is 5.75 Å². The molecule has 0 radical (unpaired) electrons. The number of rotatable bonds is 9. The molecular formula is C23H23FN2O4S. The minimum Gasteiger partial charge on any atom is -0.492 e. The Balaban J connectivity index is 1.89. The highest BCUT2D eigenvalue weighted by Crippen LogP contribution is 2.32. The van der Waals surface area contributed by atoms with Gasteiger partial charge in [-0.25, -0.2) is 12.8 Å². The number of halogens is 1. The van der Waals surface area contributed by atoms with Gasteiger partial charge in [-0.3, -0.25) is 9.10 Å². The Hall–Kier alpha value is -3.39. The maximum Gasteiger partial charge on any atom is 0.264 e. The van der Waals surface area contributed by atoms with Crippen molar-refractivity contribution in [2.75, 3.05) is 17.5 Å². The lowest BCUT2D eigenvalue weighted by Gasteiger charge is -2.26. The lowest BCUT2D eigenvalue weighted by atomic mass is 10.2. The average Bonchev–Trinajstić information content (AvgIpc) is 2.78. The van der Waals surface area contributed by atoms with E-state index in [-0.39, 0.29) is 22.9 Å². The topological polar surface area (TPSA) is 75.7 Å². The van der Waals surface area contributed by atoms with E-state index in [4.69, 9.17) is 4.74 Å². The molecule has 0 atom stereocenters. The van der Waals surface area contributed by atoms with Gasteiger partial charge in [0.1, 0.15) is 18.1 Å². The highest BCUT2D eigenvalue weighted by molar-refractivity contribution is 7.92. The summed E-state index contributed by atoms with van der Waals surface area (Å²) in [5.41, 5.74) is 0.965. The molecule has 0 saturated heterocycles. The molecule has 0 heterocycles. The molecule has 1 amide bonds. The third-order valence-corrected chi connectivity index (χ3v) is 6.23. The molecular weight excluding hydrogens is 419 g/mol. The third-order valence-electron chi connectivity index (χ3n) is 4.46. The highest BCUT2D eigenvalue weighted by Gasteiger charge is 2.29. The second kappa shape index (κ2) is 10.1. The van der Waals surface area contributed by atoms with E-state index in [0.717, 1.165) is 4.31 Å². The van der Waals surface area contributed by atoms with Gasteiger partial charge in [0.05, 0.1) is 17.2 Å². The molecule has 0 bridgehead atoms. The first-order valence-electron chi connectivity index (χ1n) is 9.72. The number of anilines is 1. The number of amides is 1. The number of carbonyl (C=O) groups excluding carboxylic acids is 1. The molecule has 0 aromatic heterocycles. The Labute approximate surface area is 181 Å². The first-order chi connectivity index (χ1) is 14.9. The maximum absolute atomic E-state index is 13.4. The lowest BCUT2D eigenvalue weighted by molar-refractivity contribution is -0.119. The molecule has 6 nitrogen and oxygen atoms in total. The summed E-state index contributed by atoms with van der Waals surface area (Å²) in [6.45, 7) is 1.84. The van der Waals surface area contributed by atoms with E-state index in [1.54, 1.807) is 61.5 Å². The zero-order valence-electron chi connectivity index (χ0n) is 17.0. The van der Waals surface area contributed by atoms with Crippen LogP contribution in [-0.2, 0) is 21.4 Å². The van der Waals surface area contributed by atoms with Gasteiger partial charge in [0.25, 0.3) is 10.0 Å². The Morgan fingerprint density at radius 2 is 1.61 bits per heavy atom. The predicted molar refractivity (Wildman–Crippen MR) is 117 cm³/mol. The van der Waals surface area contributed by atoms with Crippen LogP contribution in [0.15, 0.2) is 83.8 Å². The van der Waals surface area contributed by atoms with Gasteiger partial charge in [0.15, 0.2) is 0 Å². The third kappa shape index (κ3) is 5.61. The molecule has 0 aliphatic rings. The normalized spacial score (nSPS) is 11.0. The summed E-state index contributed by atoms with van der Waals surface area (Å²) in [6.07, 6.45) is 0. The SMILES string of the molecule is CCOc1ccccc1N(CC(=O)NCc1ccc(F)cc1)S(=O)(=O)c1ccccc1. The van der Waals surface area contributed by atoms with Crippen LogP contribution in [0.3, 0.4) is 0 Å². The Morgan fingerprint density at radius 3 is 2.29 bits per heavy atom. The first kappa shape index (κ1) is 22.3. The van der Waals surface area contributed by atoms with Crippen LogP contribution in [0.25, 0.3) is 0 Å². The van der Waals surface area contributed by atoms with E-state index in [9.17, 15) is 17.6 Å². The molecule has 1 N–H and O–H groups in total. The van der Waals surface area contributed by atoms with E-state index < -0.39 is 22.5 Å². The molecule has 8 heteroatoms. The molecule has 0 unspecified atom stereocenters. The van der Waals surface area contributed by atoms with Crippen LogP contribution in [0.1, 0.15) is 12.5 Å². The minimum absolute atomic E-state index is 0.0626. The van der Waals surface area contributed by atoms with Crippen molar-refractivity contribution in [1.29, 1.82) is 0 Å². The van der Waals surface area contributed by atoms with Crippen LogP contribution in [-0.4, -0.2) is 27.5 Å². The Kier molecular flexibility index (Phi) is 7.25. The summed E-state index contributed by atoms with van der Waals surface area (Å²) < 4.78 is 46.5. The van der Waals surface area contributed by atoms with Crippen molar-refractivity contribution < 1.29 is 22.3 Å². The molecule has 3 rings (SSSR count). The summed E-state index contributed by atoms with van der Waals surface area (Å²) >= 11 is 0. The van der Waals surface area contributed by atoms with Gasteiger partial charge in [-0.15, -0.1) is 0 Å². The van der Waals surface area contributed by atoms with Crippen LogP contribution in [0.5, 0.6) is 5.75 Å². The molecule has 31 heavy (non-hydrogen) atoms. The van der Waals surface area contributed by atoms with Crippen molar-refractivity contribution in [2.24, 2.45) is 0 Å². The largest absolute Gasteiger partial charge is 0.492 e. The van der Waals surface area contributed by atoms with Crippen molar-refractivity contribution in [2.45, 2.75) is 18.4 Å². The van der Waals surface area contributed by atoms with Gasteiger partial charge in [-0.1, -0.05) is 42.5 Å². The van der Waals surface area contributed by atoms with Crippen LogP contribution < -0.4 is 14.4 Å². The molecule has 3 aromatic carbocycles. The molecule has 3 aromatic rings. The monoisotopic (exact) mass is 442 g/mol. The number of carbonyl (C=O) groups is 1. The van der Waals surface area contributed by atoms with Crippen molar-refractivity contribution >= 4 is 21.6 Å². The number of sulfonamides is 1. The Morgan fingerprint density at radius 1 is 0.968 bits per heavy atom. The maximum atomic E-state index is 13.4. The number of hydrogen-bond donors (Lipinski definition) is 1. The predicted octanol–water partition coefficient (Wildman–Crippen LogP) is 3.74. The van der Waals surface area contributed by atoms with Crippen molar-refractivity contribution in [3.63, 3.8) is 0 Å². The van der Waals surface area contributed by atoms with Gasteiger partial charge in [-0.2, -0.15) is 0 Å². The van der Waals surface area contributed by atoms with Gasteiger partial charge < -0.3 is 10.1 Å². The Bertz CT molecular complexity index is 1120. The van der Waals surface area contributed by atoms with Gasteiger partial charge in [-0.05, 0) is 48.9 Å². The number of nitrogens with zero attached hydrogens (tertiary/aromatic N) is 1. The zero-order valence-corrected chi connectivity index (χ0v) is 17.8. The molecule has 0 saturated carbocycles. The summed E-state index contributed by atoms with van der Waals surface area (Å²) in [7, 11) is -4.04. The fraction of sp³-hybridized carbons (Fsp3) is 0.174. The van der Waals surface area contributed by atoms with Crippen molar-refractivity contribution in [1.82, 2.24) is 5.32 Å². The molecule has 0 spiro atoms. The number of ether oxygens (including phenoxy) is 1. The van der Waals surface area contributed by atoms with Gasteiger partial charge in [0, 0.05) is 6.54 Å². The van der Waals surface area contributed by atoms with E-state index in [2.05, 4.69) is 5.32 Å². The van der Waals surface area contributed by atoms with Gasteiger partial charge >= 0.3 is 0 Å². The second-order valence-corrected chi connectivity index (χ2v) is 8.49. The molecule has 0 fully saturated rings. The van der Waals surface area contributed by atoms with Crippen LogP contribution in [0, 0.1) is 5.82 Å². The molecule has 0 aliphatic heterocycles. The van der Waals surface area contributed by atoms with E-state index in [1.807, 2.05) is 0 Å². The fourth-order valence-electron chi connectivity index (χ4n) is 2.95. The van der Waals surface area contributed by atoms with E-state index in [0.29, 0.717) is 17.9 Å². The number of para-hydroxylation sites is 2. The van der Waals surface area contributed by atoms with E-state index in [1.165, 1.54) is 24.3 Å². The number of hydrogen-bond acceptors (Lipinski definition) is 4. The highest BCUT2D eigenvalue weighted by atomic mass is 32.2. The summed E-state index contributed by atoms with van der Waals surface area (Å²) in [6, 6.07) is 20.3. The fourth-order valence-corrected chi connectivity index (χ4v) is 4.40. The summed E-state index contributed by atoms with van der Waals surface area (Å²) in [4.78, 5) is 12.7. The van der Waals surface area contributed by atoms with Gasteiger partial charge in [0.2, 0.25) is 5.91 Å². The standard InChI is InChI=1S/C23H23FN2O4S/c1-2-30-22-11-7-6-10-21(22)26(31(28,29)20-8-4-3-5-9-20)17-23(27)25-16-18-12-14-19(24)15-13-18/h3-15H,2,16-17H2,1H3,(H,25,27). The summed E-state index contributed by atoms with van der Waals surface area (Å²) in [5, 5.41) is 2.69. The molecule has 0 aliphatic carbocycles. The zero-order chi connectivity index (χ0) is 22.3. The average molecular weight is 443 g/mol. The smallest absolute Gasteiger partial charge is 0.264 e. The van der Waals surface area contributed by atoms with Crippen LogP contribution >= 0.6 is 0 Å². The molecule has 162 valence electrons. The quantitative estimate of drug-likeness (QED) is 0.548. The number of nitrogens with one attached hydrogen (secondary N) is 1. The van der Waals surface area contributed by atoms with E-state index >= 15 is 0 Å². The summed E-state index contributed by atoms with van der Waals surface area (Å²) in [5.74, 6) is -0.520.